The fourth-order valence-corrected chi connectivity index (χ4v) is 2.19. The first-order chi connectivity index (χ1) is 11.4. The van der Waals surface area contributed by atoms with Crippen LogP contribution >= 0.6 is 11.6 Å². The average molecular weight is 349 g/mol. The molecule has 0 aliphatic rings. The van der Waals surface area contributed by atoms with Crippen molar-refractivity contribution >= 4 is 29.1 Å². The standard InChI is InChI=1S/C17H17ClN2O4/c1-10(14-9-13(24-2)7-8-15(14)21)19-16(22)17(23)20-12-5-3-11(18)4-6-12/h3-10,21H,1-2H3,(H,19,22)(H,20,23). The Labute approximate surface area is 144 Å². The molecule has 1 atom stereocenters. The zero-order chi connectivity index (χ0) is 17.7. The lowest BCUT2D eigenvalue weighted by atomic mass is 10.1. The molecular weight excluding hydrogens is 332 g/mol. The van der Waals surface area contributed by atoms with E-state index in [4.69, 9.17) is 16.3 Å². The molecule has 2 aromatic rings. The van der Waals surface area contributed by atoms with Gasteiger partial charge < -0.3 is 20.5 Å². The van der Waals surface area contributed by atoms with E-state index in [1.54, 1.807) is 43.3 Å². The third-order valence-electron chi connectivity index (χ3n) is 3.36. The van der Waals surface area contributed by atoms with E-state index < -0.39 is 17.9 Å². The van der Waals surface area contributed by atoms with E-state index in [0.717, 1.165) is 0 Å². The van der Waals surface area contributed by atoms with Crippen LogP contribution in [0.2, 0.25) is 5.02 Å². The summed E-state index contributed by atoms with van der Waals surface area (Å²) in [6.07, 6.45) is 0. The molecule has 0 aliphatic carbocycles. The van der Waals surface area contributed by atoms with Crippen LogP contribution in [0.4, 0.5) is 5.69 Å². The van der Waals surface area contributed by atoms with Gasteiger partial charge in [-0.05, 0) is 49.4 Å². The highest BCUT2D eigenvalue weighted by Crippen LogP contribution is 2.28. The van der Waals surface area contributed by atoms with E-state index in [9.17, 15) is 14.7 Å². The SMILES string of the molecule is COc1ccc(O)c(C(C)NC(=O)C(=O)Nc2ccc(Cl)cc2)c1. The van der Waals surface area contributed by atoms with Crippen molar-refractivity contribution in [2.75, 3.05) is 12.4 Å². The molecule has 0 aromatic heterocycles. The molecule has 0 fully saturated rings. The number of amides is 2. The highest BCUT2D eigenvalue weighted by Gasteiger charge is 2.19. The second-order valence-corrected chi connectivity index (χ2v) is 5.52. The second kappa shape index (κ2) is 7.70. The Balaban J connectivity index is 2.02. The van der Waals surface area contributed by atoms with Gasteiger partial charge in [-0.25, -0.2) is 0 Å². The number of hydrogen-bond acceptors (Lipinski definition) is 4. The molecular formula is C17H17ClN2O4. The van der Waals surface area contributed by atoms with Crippen molar-refractivity contribution in [3.63, 3.8) is 0 Å². The molecule has 1 unspecified atom stereocenters. The van der Waals surface area contributed by atoms with Crippen molar-refractivity contribution in [2.45, 2.75) is 13.0 Å². The average Bonchev–Trinajstić information content (AvgIpc) is 2.57. The first-order valence-corrected chi connectivity index (χ1v) is 7.53. The second-order valence-electron chi connectivity index (χ2n) is 5.08. The van der Waals surface area contributed by atoms with Gasteiger partial charge in [0.2, 0.25) is 0 Å². The molecule has 0 aliphatic heterocycles. The summed E-state index contributed by atoms with van der Waals surface area (Å²) >= 11 is 5.76. The van der Waals surface area contributed by atoms with Crippen molar-refractivity contribution in [2.24, 2.45) is 0 Å². The van der Waals surface area contributed by atoms with Gasteiger partial charge in [0.1, 0.15) is 11.5 Å². The van der Waals surface area contributed by atoms with Gasteiger partial charge in [0.25, 0.3) is 0 Å². The maximum atomic E-state index is 12.0. The topological polar surface area (TPSA) is 87.7 Å². The molecule has 0 saturated heterocycles. The number of ether oxygens (including phenoxy) is 1. The minimum atomic E-state index is -0.820. The molecule has 2 amide bonds. The molecule has 2 aromatic carbocycles. The summed E-state index contributed by atoms with van der Waals surface area (Å²) in [5, 5.41) is 15.4. The lowest BCUT2D eigenvalue weighted by Gasteiger charge is -2.16. The van der Waals surface area contributed by atoms with Crippen molar-refractivity contribution in [1.82, 2.24) is 5.32 Å². The van der Waals surface area contributed by atoms with E-state index >= 15 is 0 Å². The fourth-order valence-electron chi connectivity index (χ4n) is 2.07. The normalized spacial score (nSPS) is 11.5. The van der Waals surface area contributed by atoms with E-state index in [1.807, 2.05) is 0 Å². The lowest BCUT2D eigenvalue weighted by molar-refractivity contribution is -0.136. The summed E-state index contributed by atoms with van der Waals surface area (Å²) in [4.78, 5) is 23.9. The number of benzene rings is 2. The van der Waals surface area contributed by atoms with Crippen LogP contribution in [0.5, 0.6) is 11.5 Å². The van der Waals surface area contributed by atoms with E-state index in [1.165, 1.54) is 13.2 Å². The van der Waals surface area contributed by atoms with Crippen molar-refractivity contribution in [3.8, 4) is 11.5 Å². The molecule has 0 bridgehead atoms. The van der Waals surface area contributed by atoms with Crippen LogP contribution in [-0.4, -0.2) is 24.0 Å². The zero-order valence-electron chi connectivity index (χ0n) is 13.2. The molecule has 0 spiro atoms. The van der Waals surface area contributed by atoms with Crippen molar-refractivity contribution in [1.29, 1.82) is 0 Å². The molecule has 6 nitrogen and oxygen atoms in total. The van der Waals surface area contributed by atoms with Crippen molar-refractivity contribution in [3.05, 3.63) is 53.1 Å². The van der Waals surface area contributed by atoms with Gasteiger partial charge in [0.15, 0.2) is 0 Å². The summed E-state index contributed by atoms with van der Waals surface area (Å²) in [6, 6.07) is 10.5. The van der Waals surface area contributed by atoms with Crippen LogP contribution in [0.15, 0.2) is 42.5 Å². The highest BCUT2D eigenvalue weighted by atomic mass is 35.5. The van der Waals surface area contributed by atoms with Crippen LogP contribution in [0.1, 0.15) is 18.5 Å². The molecule has 7 heteroatoms. The Morgan fingerprint density at radius 3 is 2.42 bits per heavy atom. The molecule has 0 heterocycles. The number of carbonyl (C=O) groups excluding carboxylic acids is 2. The van der Waals surface area contributed by atoms with Gasteiger partial charge in [-0.1, -0.05) is 11.6 Å². The maximum Gasteiger partial charge on any atom is 0.313 e. The molecule has 24 heavy (non-hydrogen) atoms. The number of methoxy groups -OCH3 is 1. The number of nitrogens with one attached hydrogen (secondary N) is 2. The first-order valence-electron chi connectivity index (χ1n) is 7.15. The third kappa shape index (κ3) is 4.39. The number of anilines is 1. The Morgan fingerprint density at radius 1 is 1.12 bits per heavy atom. The van der Waals surface area contributed by atoms with Gasteiger partial charge in [0, 0.05) is 16.3 Å². The molecule has 126 valence electrons. The molecule has 3 N–H and O–H groups in total. The van der Waals surface area contributed by atoms with Gasteiger partial charge in [-0.15, -0.1) is 0 Å². The Hall–Kier alpha value is -2.73. The maximum absolute atomic E-state index is 12.0. The first kappa shape index (κ1) is 17.6. The highest BCUT2D eigenvalue weighted by molar-refractivity contribution is 6.39. The quantitative estimate of drug-likeness (QED) is 0.741. The lowest BCUT2D eigenvalue weighted by Crippen LogP contribution is -2.36. The number of phenolic OH excluding ortho intramolecular Hbond substituents is 1. The summed E-state index contributed by atoms with van der Waals surface area (Å²) in [5.41, 5.74) is 0.901. The Bertz CT molecular complexity index is 747. The summed E-state index contributed by atoms with van der Waals surface area (Å²) in [7, 11) is 1.50. The van der Waals surface area contributed by atoms with E-state index in [-0.39, 0.29) is 5.75 Å². The largest absolute Gasteiger partial charge is 0.508 e. The van der Waals surface area contributed by atoms with E-state index in [0.29, 0.717) is 22.0 Å². The van der Waals surface area contributed by atoms with Gasteiger partial charge in [0.05, 0.1) is 13.2 Å². The molecule has 0 saturated carbocycles. The summed E-state index contributed by atoms with van der Waals surface area (Å²) < 4.78 is 5.09. The Kier molecular flexibility index (Phi) is 5.65. The molecule has 0 radical (unpaired) electrons. The molecule has 2 rings (SSSR count). The van der Waals surface area contributed by atoms with Crippen LogP contribution in [-0.2, 0) is 9.59 Å². The van der Waals surface area contributed by atoms with Crippen molar-refractivity contribution < 1.29 is 19.4 Å². The predicted octanol–water partition coefficient (Wildman–Crippen LogP) is 2.87. The number of hydrogen-bond donors (Lipinski definition) is 3. The van der Waals surface area contributed by atoms with Crippen LogP contribution < -0.4 is 15.4 Å². The van der Waals surface area contributed by atoms with Gasteiger partial charge >= 0.3 is 11.8 Å². The minimum Gasteiger partial charge on any atom is -0.508 e. The predicted molar refractivity (Wildman–Crippen MR) is 91.3 cm³/mol. The summed E-state index contributed by atoms with van der Waals surface area (Å²) in [5.74, 6) is -1.09. The monoisotopic (exact) mass is 348 g/mol. The van der Waals surface area contributed by atoms with Crippen LogP contribution in [0.25, 0.3) is 0 Å². The number of phenols is 1. The van der Waals surface area contributed by atoms with Crippen LogP contribution in [0, 0.1) is 0 Å². The number of carbonyl (C=O) groups is 2. The van der Waals surface area contributed by atoms with Gasteiger partial charge in [-0.3, -0.25) is 9.59 Å². The fraction of sp³-hybridized carbons (Fsp3) is 0.176. The van der Waals surface area contributed by atoms with Gasteiger partial charge in [-0.2, -0.15) is 0 Å². The minimum absolute atomic E-state index is 0.00158. The third-order valence-corrected chi connectivity index (χ3v) is 3.61. The Morgan fingerprint density at radius 2 is 1.79 bits per heavy atom. The smallest absolute Gasteiger partial charge is 0.313 e. The van der Waals surface area contributed by atoms with E-state index in [2.05, 4.69) is 10.6 Å². The number of rotatable bonds is 4. The summed E-state index contributed by atoms with van der Waals surface area (Å²) in [6.45, 7) is 1.65. The zero-order valence-corrected chi connectivity index (χ0v) is 13.9. The number of halogens is 1. The van der Waals surface area contributed by atoms with Crippen LogP contribution in [0.3, 0.4) is 0 Å². The number of aromatic hydroxyl groups is 1.